The fourth-order valence-electron chi connectivity index (χ4n) is 1.35. The molecule has 1 saturated heterocycles. The van der Waals surface area contributed by atoms with Crippen LogP contribution < -0.4 is 0 Å². The number of hydrogen-bond donors (Lipinski definition) is 1. The molecule has 0 spiro atoms. The summed E-state index contributed by atoms with van der Waals surface area (Å²) in [7, 11) is 0. The minimum absolute atomic E-state index is 0.143. The highest BCUT2D eigenvalue weighted by Crippen LogP contribution is 2.26. The van der Waals surface area contributed by atoms with Gasteiger partial charge in [-0.2, -0.15) is 12.6 Å². The first-order chi connectivity index (χ1) is 5.06. The molecule has 3 heteroatoms. The molecule has 1 fully saturated rings. The summed E-state index contributed by atoms with van der Waals surface area (Å²) in [5.41, 5.74) is 0.143. The zero-order valence-electron chi connectivity index (χ0n) is 7.18. The number of alkyl halides is 1. The number of rotatable bonds is 3. The topological polar surface area (TPSA) is 3.24 Å². The molecule has 0 saturated carbocycles. The van der Waals surface area contributed by atoms with E-state index < -0.39 is 6.17 Å². The van der Waals surface area contributed by atoms with Gasteiger partial charge >= 0.3 is 0 Å². The molecule has 0 aromatic heterocycles. The van der Waals surface area contributed by atoms with Crippen LogP contribution in [0.1, 0.15) is 20.3 Å². The first-order valence-corrected chi connectivity index (χ1v) is 4.69. The fourth-order valence-corrected chi connectivity index (χ4v) is 1.90. The van der Waals surface area contributed by atoms with Crippen molar-refractivity contribution in [1.29, 1.82) is 0 Å². The maximum Gasteiger partial charge on any atom is 0.125 e. The van der Waals surface area contributed by atoms with Gasteiger partial charge in [0, 0.05) is 18.6 Å². The van der Waals surface area contributed by atoms with Gasteiger partial charge in [-0.1, -0.05) is 0 Å². The van der Waals surface area contributed by atoms with E-state index in [1.807, 2.05) is 0 Å². The van der Waals surface area contributed by atoms with Crippen molar-refractivity contribution in [2.75, 3.05) is 18.8 Å². The maximum absolute atomic E-state index is 12.5. The SMILES string of the molecule is CC(C)(CCS)N1CC(F)C1. The summed E-state index contributed by atoms with van der Waals surface area (Å²) in [4.78, 5) is 2.17. The van der Waals surface area contributed by atoms with Gasteiger partial charge in [-0.25, -0.2) is 4.39 Å². The average molecular weight is 177 g/mol. The molecule has 0 unspecified atom stereocenters. The number of nitrogens with zero attached hydrogens (tertiary/aromatic N) is 1. The average Bonchev–Trinajstić information content (AvgIpc) is 1.81. The molecule has 1 aliphatic heterocycles. The molecule has 1 aliphatic rings. The normalized spacial score (nSPS) is 21.8. The van der Waals surface area contributed by atoms with Gasteiger partial charge in [0.2, 0.25) is 0 Å². The van der Waals surface area contributed by atoms with Gasteiger partial charge in [0.25, 0.3) is 0 Å². The maximum atomic E-state index is 12.5. The predicted molar refractivity (Wildman–Crippen MR) is 49.0 cm³/mol. The smallest absolute Gasteiger partial charge is 0.125 e. The predicted octanol–water partition coefficient (Wildman–Crippen LogP) is 1.74. The molecule has 0 bridgehead atoms. The van der Waals surface area contributed by atoms with Gasteiger partial charge in [-0.3, -0.25) is 4.90 Å². The van der Waals surface area contributed by atoms with Gasteiger partial charge in [0.1, 0.15) is 6.17 Å². The quantitative estimate of drug-likeness (QED) is 0.643. The Bertz CT molecular complexity index is 132. The van der Waals surface area contributed by atoms with Crippen molar-refractivity contribution in [2.24, 2.45) is 0 Å². The molecule has 11 heavy (non-hydrogen) atoms. The number of halogens is 1. The van der Waals surface area contributed by atoms with Crippen LogP contribution in [0.4, 0.5) is 4.39 Å². The second-order valence-corrected chi connectivity index (χ2v) is 4.24. The first-order valence-electron chi connectivity index (χ1n) is 4.06. The summed E-state index contributed by atoms with van der Waals surface area (Å²) in [5, 5.41) is 0. The number of hydrogen-bond acceptors (Lipinski definition) is 2. The van der Waals surface area contributed by atoms with Crippen LogP contribution in [0, 0.1) is 0 Å². The molecule has 0 aliphatic carbocycles. The molecule has 0 aromatic rings. The van der Waals surface area contributed by atoms with Crippen LogP contribution >= 0.6 is 12.6 Å². The van der Waals surface area contributed by atoms with Crippen molar-refractivity contribution in [3.8, 4) is 0 Å². The van der Waals surface area contributed by atoms with Crippen LogP contribution in [0.5, 0.6) is 0 Å². The largest absolute Gasteiger partial charge is 0.292 e. The van der Waals surface area contributed by atoms with Crippen LogP contribution in [-0.4, -0.2) is 35.5 Å². The highest BCUT2D eigenvalue weighted by molar-refractivity contribution is 7.80. The Kier molecular flexibility index (Phi) is 2.81. The first kappa shape index (κ1) is 9.33. The minimum atomic E-state index is -0.589. The summed E-state index contributed by atoms with van der Waals surface area (Å²) >= 11 is 4.17. The van der Waals surface area contributed by atoms with E-state index in [0.29, 0.717) is 13.1 Å². The lowest BCUT2D eigenvalue weighted by molar-refractivity contribution is -0.0147. The molecule has 66 valence electrons. The van der Waals surface area contributed by atoms with Crippen LogP contribution in [-0.2, 0) is 0 Å². The number of thiol groups is 1. The van der Waals surface area contributed by atoms with Crippen molar-refractivity contribution in [1.82, 2.24) is 4.90 Å². The van der Waals surface area contributed by atoms with E-state index in [1.165, 1.54) is 0 Å². The lowest BCUT2D eigenvalue weighted by Crippen LogP contribution is -2.58. The van der Waals surface area contributed by atoms with Crippen LogP contribution in [0.3, 0.4) is 0 Å². The van der Waals surface area contributed by atoms with Crippen LogP contribution in [0.2, 0.25) is 0 Å². The second kappa shape index (κ2) is 3.31. The summed E-state index contributed by atoms with van der Waals surface area (Å²) in [6.45, 7) is 5.52. The van der Waals surface area contributed by atoms with Gasteiger partial charge < -0.3 is 0 Å². The summed E-state index contributed by atoms with van der Waals surface area (Å²) in [5.74, 6) is 0.875. The molecule has 0 amide bonds. The van der Waals surface area contributed by atoms with E-state index in [4.69, 9.17) is 0 Å². The molecular formula is C8H16FNS. The molecule has 1 heterocycles. The Morgan fingerprint density at radius 2 is 2.09 bits per heavy atom. The van der Waals surface area contributed by atoms with Gasteiger partial charge in [-0.15, -0.1) is 0 Å². The van der Waals surface area contributed by atoms with Gasteiger partial charge in [0.15, 0.2) is 0 Å². The molecule has 1 rings (SSSR count). The van der Waals surface area contributed by atoms with Crippen molar-refractivity contribution in [3.05, 3.63) is 0 Å². The molecule has 0 N–H and O–H groups in total. The lowest BCUT2D eigenvalue weighted by Gasteiger charge is -2.46. The van der Waals surface area contributed by atoms with Crippen LogP contribution in [0.25, 0.3) is 0 Å². The zero-order valence-corrected chi connectivity index (χ0v) is 8.07. The van der Waals surface area contributed by atoms with E-state index in [9.17, 15) is 4.39 Å². The Labute approximate surface area is 73.4 Å². The Morgan fingerprint density at radius 1 is 1.55 bits per heavy atom. The highest BCUT2D eigenvalue weighted by Gasteiger charge is 2.36. The second-order valence-electron chi connectivity index (χ2n) is 3.79. The standard InChI is InChI=1S/C8H16FNS/c1-8(2,3-4-11)10-5-7(9)6-10/h7,11H,3-6H2,1-2H3. The Morgan fingerprint density at radius 3 is 2.45 bits per heavy atom. The van der Waals surface area contributed by atoms with E-state index >= 15 is 0 Å². The minimum Gasteiger partial charge on any atom is -0.292 e. The van der Waals surface area contributed by atoms with Gasteiger partial charge in [-0.05, 0) is 26.0 Å². The molecule has 0 radical (unpaired) electrons. The molecule has 1 nitrogen and oxygen atoms in total. The monoisotopic (exact) mass is 177 g/mol. The third-order valence-electron chi connectivity index (χ3n) is 2.42. The van der Waals surface area contributed by atoms with E-state index in [1.54, 1.807) is 0 Å². The van der Waals surface area contributed by atoms with Crippen molar-refractivity contribution < 1.29 is 4.39 Å². The summed E-state index contributed by atoms with van der Waals surface area (Å²) in [6, 6.07) is 0. The summed E-state index contributed by atoms with van der Waals surface area (Å²) < 4.78 is 12.5. The van der Waals surface area contributed by atoms with Crippen molar-refractivity contribution >= 4 is 12.6 Å². The lowest BCUT2D eigenvalue weighted by atomic mass is 9.94. The Balaban J connectivity index is 2.33. The Hall–Kier alpha value is 0.240. The van der Waals surface area contributed by atoms with Crippen molar-refractivity contribution in [2.45, 2.75) is 32.0 Å². The van der Waals surface area contributed by atoms with E-state index in [2.05, 4.69) is 31.4 Å². The number of likely N-dealkylation sites (tertiary alicyclic amines) is 1. The third-order valence-corrected chi connectivity index (χ3v) is 2.64. The van der Waals surface area contributed by atoms with Crippen LogP contribution in [0.15, 0.2) is 0 Å². The highest BCUT2D eigenvalue weighted by atomic mass is 32.1. The summed E-state index contributed by atoms with van der Waals surface area (Å²) in [6.07, 6.45) is 0.442. The fraction of sp³-hybridized carbons (Fsp3) is 1.00. The zero-order chi connectivity index (χ0) is 8.48. The molecule has 0 aromatic carbocycles. The van der Waals surface area contributed by atoms with E-state index in [-0.39, 0.29) is 5.54 Å². The third kappa shape index (κ3) is 2.09. The van der Waals surface area contributed by atoms with E-state index in [0.717, 1.165) is 12.2 Å². The van der Waals surface area contributed by atoms with Crippen molar-refractivity contribution in [3.63, 3.8) is 0 Å². The molecular weight excluding hydrogens is 161 g/mol. The molecule has 0 atom stereocenters. The van der Waals surface area contributed by atoms with Gasteiger partial charge in [0.05, 0.1) is 0 Å².